The monoisotopic (exact) mass is 602 g/mol. The number of carbonyl (C=O) groups is 1. The van der Waals surface area contributed by atoms with Crippen LogP contribution in [0.4, 0.5) is 13.2 Å². The van der Waals surface area contributed by atoms with Crippen LogP contribution >= 0.6 is 0 Å². The van der Waals surface area contributed by atoms with Gasteiger partial charge in [-0.25, -0.2) is 26.4 Å². The molecule has 10 heteroatoms. The maximum atomic E-state index is 14.5. The molecule has 2 aromatic heterocycles. The van der Waals surface area contributed by atoms with Gasteiger partial charge in [0.1, 0.15) is 22.5 Å². The largest absolute Gasteiger partial charge is 0.291 e. The van der Waals surface area contributed by atoms with Gasteiger partial charge in [-0.1, -0.05) is 11.6 Å². The quantitative estimate of drug-likeness (QED) is 0.224. The molecule has 43 heavy (non-hydrogen) atoms. The number of hydrogen-bond donors (Lipinski definition) is 0. The number of ketones is 1. The molecule has 0 spiro atoms. The van der Waals surface area contributed by atoms with E-state index < -0.39 is 28.0 Å². The molecule has 1 unspecified atom stereocenters. The predicted octanol–water partition coefficient (Wildman–Crippen LogP) is 6.58. The summed E-state index contributed by atoms with van der Waals surface area (Å²) in [6.45, 7) is 0. The van der Waals surface area contributed by atoms with E-state index in [2.05, 4.69) is 10.1 Å². The number of fused-ring (bicyclic) bond motifs is 2. The summed E-state index contributed by atoms with van der Waals surface area (Å²) in [5.74, 6) is -1.98. The highest BCUT2D eigenvalue weighted by molar-refractivity contribution is 7.82. The van der Waals surface area contributed by atoms with Gasteiger partial charge in [0.05, 0.1) is 27.9 Å². The van der Waals surface area contributed by atoms with Crippen molar-refractivity contribution in [2.45, 2.75) is 55.4 Å². The van der Waals surface area contributed by atoms with Crippen molar-refractivity contribution in [3.05, 3.63) is 113 Å². The van der Waals surface area contributed by atoms with Gasteiger partial charge in [-0.15, -0.1) is 0 Å². The average molecular weight is 603 g/mol. The van der Waals surface area contributed by atoms with E-state index >= 15 is 0 Å². The van der Waals surface area contributed by atoms with Gasteiger partial charge in [0.2, 0.25) is 0 Å². The second kappa shape index (κ2) is 10.7. The third-order valence-electron chi connectivity index (χ3n) is 9.08. The summed E-state index contributed by atoms with van der Waals surface area (Å²) in [5, 5.41) is 4.59. The van der Waals surface area contributed by atoms with Crippen molar-refractivity contribution in [3.8, 4) is 5.69 Å². The molecule has 220 valence electrons. The van der Waals surface area contributed by atoms with E-state index in [0.29, 0.717) is 43.0 Å². The minimum absolute atomic E-state index is 0.0991. The van der Waals surface area contributed by atoms with Crippen LogP contribution in [0.5, 0.6) is 0 Å². The lowest BCUT2D eigenvalue weighted by molar-refractivity contribution is 0.0749. The minimum Gasteiger partial charge on any atom is -0.291 e. The van der Waals surface area contributed by atoms with Crippen LogP contribution in [-0.2, 0) is 17.4 Å². The number of hydrogen-bond acceptors (Lipinski definition) is 4. The first-order valence-corrected chi connectivity index (χ1v) is 15.5. The molecular weight excluding hydrogens is 573 g/mol. The number of pyridine rings is 1. The van der Waals surface area contributed by atoms with Gasteiger partial charge < -0.3 is 0 Å². The number of rotatable bonds is 7. The molecule has 0 bridgehead atoms. The number of halogens is 3. The summed E-state index contributed by atoms with van der Waals surface area (Å²) in [6, 6.07) is 12.9. The molecule has 2 saturated carbocycles. The smallest absolute Gasteiger partial charge is 0.191 e. The van der Waals surface area contributed by atoms with E-state index in [4.69, 9.17) is 0 Å². The van der Waals surface area contributed by atoms with E-state index in [1.807, 2.05) is 18.2 Å². The van der Waals surface area contributed by atoms with Crippen LogP contribution in [0.3, 0.4) is 0 Å². The molecule has 3 aliphatic rings. The van der Waals surface area contributed by atoms with Crippen molar-refractivity contribution in [2.75, 3.05) is 7.05 Å². The van der Waals surface area contributed by atoms with Gasteiger partial charge in [-0.2, -0.15) is 5.10 Å². The molecule has 0 amide bonds. The maximum Gasteiger partial charge on any atom is 0.191 e. The summed E-state index contributed by atoms with van der Waals surface area (Å²) in [7, 11) is -0.0756. The maximum absolute atomic E-state index is 14.5. The molecule has 2 aromatic carbocycles. The first kappa shape index (κ1) is 27.9. The fourth-order valence-corrected chi connectivity index (χ4v) is 7.68. The van der Waals surface area contributed by atoms with Crippen LogP contribution in [0.15, 0.2) is 77.5 Å². The molecule has 0 aliphatic heterocycles. The van der Waals surface area contributed by atoms with Crippen LogP contribution in [0.1, 0.15) is 65.3 Å². The first-order chi connectivity index (χ1) is 20.7. The topological polar surface area (TPSA) is 68.1 Å². The van der Waals surface area contributed by atoms with E-state index in [9.17, 15) is 22.2 Å². The zero-order valence-electron chi connectivity index (χ0n) is 23.5. The standard InChI is InChI=1S/C33H29F3N4O2S/c1-39(43(42)27-11-12-28(35)29(36)15-27)26-8-5-23-14-31-22(19-38-40(31)25-9-6-24(34)7-10-25)16-33(23,17-26)32(41)30-13-4-21(18-37-30)20-2-3-20/h4,6-7,9-15,18-20,26H,2-3,5,8,16-17H2,1H3/t26-,33-,43?/m0/s1. The Labute approximate surface area is 249 Å². The number of Topliss-reactive ketones (excluding diaryl/α,β-unsaturated/α-hetero) is 1. The Bertz CT molecular complexity index is 1780. The normalized spacial score (nSPS) is 22.1. The van der Waals surface area contributed by atoms with Crippen molar-refractivity contribution in [2.24, 2.45) is 5.41 Å². The lowest BCUT2D eigenvalue weighted by Gasteiger charge is -2.45. The summed E-state index contributed by atoms with van der Waals surface area (Å²) < 4.78 is 58.1. The molecule has 6 nitrogen and oxygen atoms in total. The number of nitrogens with zero attached hydrogens (tertiary/aromatic N) is 4. The number of allylic oxidation sites excluding steroid dienone is 1. The number of carbonyl (C=O) groups excluding carboxylic acids is 1. The molecule has 0 N–H and O–H groups in total. The Kier molecular flexibility index (Phi) is 6.93. The summed E-state index contributed by atoms with van der Waals surface area (Å²) in [6.07, 6.45) is 9.76. The Morgan fingerprint density at radius 2 is 1.79 bits per heavy atom. The zero-order valence-corrected chi connectivity index (χ0v) is 24.3. The van der Waals surface area contributed by atoms with Crippen LogP contribution in [0, 0.1) is 22.9 Å². The molecule has 7 rings (SSSR count). The summed E-state index contributed by atoms with van der Waals surface area (Å²) in [5.41, 5.74) is 3.96. The Hall–Kier alpha value is -3.89. The Morgan fingerprint density at radius 3 is 2.49 bits per heavy atom. The van der Waals surface area contributed by atoms with E-state index in [0.717, 1.165) is 47.4 Å². The lowest BCUT2D eigenvalue weighted by atomic mass is 9.60. The highest BCUT2D eigenvalue weighted by Crippen LogP contribution is 2.51. The van der Waals surface area contributed by atoms with E-state index in [1.54, 1.807) is 40.6 Å². The Balaban J connectivity index is 1.26. The molecule has 2 fully saturated rings. The fourth-order valence-electron chi connectivity index (χ4n) is 6.51. The second-order valence-corrected chi connectivity index (χ2v) is 13.3. The van der Waals surface area contributed by atoms with Gasteiger partial charge in [0.15, 0.2) is 17.4 Å². The van der Waals surface area contributed by atoms with Gasteiger partial charge in [0.25, 0.3) is 0 Å². The first-order valence-electron chi connectivity index (χ1n) is 14.4. The molecular formula is C33H29F3N4O2S. The zero-order chi connectivity index (χ0) is 29.9. The summed E-state index contributed by atoms with van der Waals surface area (Å²) >= 11 is 0. The van der Waals surface area contributed by atoms with Crippen LogP contribution in [-0.4, -0.2) is 42.2 Å². The van der Waals surface area contributed by atoms with E-state index in [-0.39, 0.29) is 22.5 Å². The van der Waals surface area contributed by atoms with Gasteiger partial charge in [-0.05, 0) is 110 Å². The molecule has 3 aliphatic carbocycles. The fraction of sp³-hybridized carbons (Fsp3) is 0.303. The molecule has 4 aromatic rings. The predicted molar refractivity (Wildman–Crippen MR) is 156 cm³/mol. The highest BCUT2D eigenvalue weighted by atomic mass is 32.2. The molecule has 0 radical (unpaired) electrons. The molecule has 2 heterocycles. The van der Waals surface area contributed by atoms with Crippen LogP contribution in [0.2, 0.25) is 0 Å². The van der Waals surface area contributed by atoms with Crippen molar-refractivity contribution in [1.29, 1.82) is 0 Å². The van der Waals surface area contributed by atoms with Crippen molar-refractivity contribution < 1.29 is 22.2 Å². The lowest BCUT2D eigenvalue weighted by Crippen LogP contribution is -2.48. The SMILES string of the molecule is CN([C@H]1CCC2=Cc3c(cnn3-c3ccc(F)cc3)C[C@]2(C(=O)c2ccc(C3CC3)cn2)C1)S(=O)c1ccc(F)c(F)c1. The highest BCUT2D eigenvalue weighted by Gasteiger charge is 2.50. The number of benzene rings is 2. The van der Waals surface area contributed by atoms with Crippen molar-refractivity contribution in [1.82, 2.24) is 19.1 Å². The van der Waals surface area contributed by atoms with Gasteiger partial charge >= 0.3 is 0 Å². The Morgan fingerprint density at radius 1 is 1.00 bits per heavy atom. The average Bonchev–Trinajstić information content (AvgIpc) is 3.80. The third-order valence-corrected chi connectivity index (χ3v) is 10.6. The van der Waals surface area contributed by atoms with Crippen molar-refractivity contribution in [3.63, 3.8) is 0 Å². The number of aromatic nitrogens is 3. The second-order valence-electron chi connectivity index (χ2n) is 11.7. The van der Waals surface area contributed by atoms with Gasteiger partial charge in [0, 0.05) is 19.3 Å². The van der Waals surface area contributed by atoms with Crippen LogP contribution in [0.25, 0.3) is 11.8 Å². The van der Waals surface area contributed by atoms with Crippen LogP contribution < -0.4 is 0 Å². The van der Waals surface area contributed by atoms with Crippen molar-refractivity contribution >= 4 is 22.8 Å². The van der Waals surface area contributed by atoms with E-state index in [1.165, 1.54) is 18.2 Å². The summed E-state index contributed by atoms with van der Waals surface area (Å²) in [4.78, 5) is 19.3. The third kappa shape index (κ3) is 4.96. The molecule has 0 saturated heterocycles. The molecule has 3 atom stereocenters. The van der Waals surface area contributed by atoms with Gasteiger partial charge in [-0.3, -0.25) is 9.78 Å². The minimum atomic E-state index is -1.77.